The predicted octanol–water partition coefficient (Wildman–Crippen LogP) is 2.83. The van der Waals surface area contributed by atoms with Crippen molar-refractivity contribution in [1.29, 1.82) is 0 Å². The highest BCUT2D eigenvalue weighted by Crippen LogP contribution is 2.29. The summed E-state index contributed by atoms with van der Waals surface area (Å²) in [6.07, 6.45) is 0. The molecule has 0 bridgehead atoms. The summed E-state index contributed by atoms with van der Waals surface area (Å²) in [6, 6.07) is 12.2. The van der Waals surface area contributed by atoms with Crippen molar-refractivity contribution < 1.29 is 14.3 Å². The summed E-state index contributed by atoms with van der Waals surface area (Å²) in [5.41, 5.74) is 2.52. The van der Waals surface area contributed by atoms with Crippen LogP contribution in [0.25, 0.3) is 0 Å². The number of rotatable bonds is 2. The number of ketones is 1. The highest BCUT2D eigenvalue weighted by molar-refractivity contribution is 6.52. The highest BCUT2D eigenvalue weighted by Gasteiger charge is 2.36. The maximum atomic E-state index is 12.4. The lowest BCUT2D eigenvalue weighted by atomic mass is 10.0. The number of hydrogen-bond acceptors (Lipinski definition) is 3. The Morgan fingerprint density at radius 3 is 2.70 bits per heavy atom. The summed E-state index contributed by atoms with van der Waals surface area (Å²) in [6.45, 7) is 1.89. The zero-order valence-corrected chi connectivity index (χ0v) is 11.2. The number of carbonyl (C=O) groups is 1. The van der Waals surface area contributed by atoms with Gasteiger partial charge in [-0.25, -0.2) is 0 Å². The summed E-state index contributed by atoms with van der Waals surface area (Å²) < 4.78 is 5.84. The van der Waals surface area contributed by atoms with Gasteiger partial charge in [0.15, 0.2) is 0 Å². The van der Waals surface area contributed by atoms with Crippen molar-refractivity contribution in [3.05, 3.63) is 64.4 Å². The van der Waals surface area contributed by atoms with Gasteiger partial charge in [0.25, 0.3) is 11.5 Å². The van der Waals surface area contributed by atoms with Crippen LogP contribution in [0.3, 0.4) is 0 Å². The molecule has 0 atom stereocenters. The van der Waals surface area contributed by atoms with E-state index in [1.54, 1.807) is 43.5 Å². The van der Waals surface area contributed by atoms with E-state index in [0.29, 0.717) is 27.3 Å². The largest absolute Gasteiger partial charge is 0.618 e. The lowest BCUT2D eigenvalue weighted by Crippen LogP contribution is -2.16. The molecule has 20 heavy (non-hydrogen) atoms. The van der Waals surface area contributed by atoms with Gasteiger partial charge >= 0.3 is 0 Å². The first-order valence-corrected chi connectivity index (χ1v) is 6.26. The first-order valence-electron chi connectivity index (χ1n) is 6.26. The van der Waals surface area contributed by atoms with E-state index in [4.69, 9.17) is 4.74 Å². The number of ether oxygens (including phenoxy) is 1. The van der Waals surface area contributed by atoms with E-state index in [-0.39, 0.29) is 11.5 Å². The molecule has 0 aromatic heterocycles. The number of carbonyl (C=O) groups excluding carboxylic acids is 1. The molecule has 0 unspecified atom stereocenters. The normalized spacial score (nSPS) is 13.6. The van der Waals surface area contributed by atoms with Crippen LogP contribution in [0, 0.1) is 12.1 Å². The molecule has 0 N–H and O–H groups in total. The lowest BCUT2D eigenvalue weighted by Gasteiger charge is -2.04. The number of aryl methyl sites for hydroxylation is 1. The number of Topliss-reactive ketones (excluding diaryl/α,β-unsaturated/α-hetero) is 1. The Bertz CT molecular complexity index is 747. The fourth-order valence-corrected chi connectivity index (χ4v) is 2.36. The fraction of sp³-hybridized carbons (Fsp3) is 0.125. The minimum absolute atomic E-state index is 0.143. The van der Waals surface area contributed by atoms with Gasteiger partial charge in [0.1, 0.15) is 11.3 Å². The van der Waals surface area contributed by atoms with Crippen molar-refractivity contribution in [2.24, 2.45) is 0 Å². The van der Waals surface area contributed by atoms with Crippen molar-refractivity contribution in [2.45, 2.75) is 6.92 Å². The average Bonchev–Trinajstić information content (AvgIpc) is 2.70. The number of nitrogens with zero attached hydrogens (tertiary/aromatic N) is 1. The van der Waals surface area contributed by atoms with Gasteiger partial charge in [-0.1, -0.05) is 12.1 Å². The van der Waals surface area contributed by atoms with Gasteiger partial charge in [0, 0.05) is 6.07 Å². The van der Waals surface area contributed by atoms with E-state index >= 15 is 0 Å². The van der Waals surface area contributed by atoms with E-state index in [1.807, 2.05) is 13.0 Å². The van der Waals surface area contributed by atoms with Gasteiger partial charge in [-0.05, 0) is 36.8 Å². The van der Waals surface area contributed by atoms with Crippen LogP contribution < -0.4 is 4.74 Å². The number of fused-ring (bicyclic) bond motifs is 1. The van der Waals surface area contributed by atoms with Crippen LogP contribution in [-0.4, -0.2) is 23.3 Å². The molecule has 0 spiro atoms. The van der Waals surface area contributed by atoms with Gasteiger partial charge in [0.2, 0.25) is 5.69 Å². The molecule has 1 aliphatic rings. The molecule has 0 amide bonds. The Kier molecular flexibility index (Phi) is 2.79. The predicted molar refractivity (Wildman–Crippen MR) is 75.9 cm³/mol. The second-order valence-electron chi connectivity index (χ2n) is 4.72. The highest BCUT2D eigenvalue weighted by atomic mass is 16.5. The monoisotopic (exact) mass is 267 g/mol. The van der Waals surface area contributed by atoms with Crippen LogP contribution in [0.15, 0.2) is 42.5 Å². The summed E-state index contributed by atoms with van der Waals surface area (Å²) >= 11 is 0. The van der Waals surface area contributed by atoms with Crippen LogP contribution in [0.5, 0.6) is 5.75 Å². The molecule has 2 aromatic carbocycles. The molecule has 0 radical (unpaired) electrons. The van der Waals surface area contributed by atoms with Crippen LogP contribution in [0.4, 0.5) is 5.69 Å². The van der Waals surface area contributed by atoms with E-state index in [2.05, 4.69) is 0 Å². The first kappa shape index (κ1) is 12.4. The Morgan fingerprint density at radius 1 is 1.15 bits per heavy atom. The molecule has 1 heterocycles. The number of benzene rings is 2. The van der Waals surface area contributed by atoms with Crippen LogP contribution in [0.2, 0.25) is 0 Å². The summed E-state index contributed by atoms with van der Waals surface area (Å²) in [7, 11) is 1.55. The average molecular weight is 267 g/mol. The van der Waals surface area contributed by atoms with Crippen LogP contribution in [0.1, 0.15) is 21.5 Å². The molecule has 2 aromatic rings. The summed E-state index contributed by atoms with van der Waals surface area (Å²) in [5.74, 6) is 0.367. The van der Waals surface area contributed by atoms with Crippen LogP contribution in [-0.2, 0) is 0 Å². The molecule has 0 fully saturated rings. The molecule has 100 valence electrons. The molecule has 4 heteroatoms. The number of hydrogen-bond donors (Lipinski definition) is 0. The maximum Gasteiger partial charge on any atom is 0.273 e. The lowest BCUT2D eigenvalue weighted by molar-refractivity contribution is -0.355. The van der Waals surface area contributed by atoms with E-state index in [0.717, 1.165) is 5.56 Å². The molecular formula is C16H13NO3. The zero-order chi connectivity index (χ0) is 14.3. The van der Waals surface area contributed by atoms with E-state index in [1.165, 1.54) is 0 Å². The minimum Gasteiger partial charge on any atom is -0.618 e. The van der Waals surface area contributed by atoms with Gasteiger partial charge in [-0.3, -0.25) is 4.79 Å². The van der Waals surface area contributed by atoms with Crippen LogP contribution >= 0.6 is 0 Å². The number of methoxy groups -OCH3 is 1. The standard InChI is InChI=1S/C16H13NO3/c1-10-6-7-13-14(8-10)17(19)15(16(13)18)11-4-3-5-12(9-11)20-2/h3-9H,1-2H3. The van der Waals surface area contributed by atoms with Crippen molar-refractivity contribution in [3.8, 4) is 5.75 Å². The molecule has 0 saturated carbocycles. The second kappa shape index (κ2) is 4.49. The van der Waals surface area contributed by atoms with Crippen molar-refractivity contribution in [3.63, 3.8) is 0 Å². The molecule has 0 saturated heterocycles. The Morgan fingerprint density at radius 2 is 1.95 bits per heavy atom. The van der Waals surface area contributed by atoms with E-state index in [9.17, 15) is 10.0 Å². The van der Waals surface area contributed by atoms with Crippen molar-refractivity contribution >= 4 is 17.2 Å². The first-order chi connectivity index (χ1) is 9.61. The smallest absolute Gasteiger partial charge is 0.273 e. The Hall–Kier alpha value is -2.62. The zero-order valence-electron chi connectivity index (χ0n) is 11.2. The quantitative estimate of drug-likeness (QED) is 0.621. The van der Waals surface area contributed by atoms with Gasteiger partial charge in [-0.15, -0.1) is 0 Å². The van der Waals surface area contributed by atoms with E-state index < -0.39 is 0 Å². The molecule has 1 aliphatic heterocycles. The van der Waals surface area contributed by atoms with Gasteiger partial charge in [-0.2, -0.15) is 4.74 Å². The fourth-order valence-electron chi connectivity index (χ4n) is 2.36. The molecule has 0 aliphatic carbocycles. The topological polar surface area (TPSA) is 52.4 Å². The molecule has 3 rings (SSSR count). The summed E-state index contributed by atoms with van der Waals surface area (Å²) in [5, 5.41) is 12.4. The SMILES string of the molecule is COc1cccc(C2=[N+]([O-])c3cc(C)ccc3C2=O)c1. The van der Waals surface area contributed by atoms with Crippen molar-refractivity contribution in [1.82, 2.24) is 0 Å². The van der Waals surface area contributed by atoms with Gasteiger partial charge in [0.05, 0.1) is 12.7 Å². The maximum absolute atomic E-state index is 12.4. The second-order valence-corrected chi connectivity index (χ2v) is 4.72. The minimum atomic E-state index is -0.247. The third-order valence-corrected chi connectivity index (χ3v) is 3.38. The molecule has 4 nitrogen and oxygen atoms in total. The Balaban J connectivity index is 2.17. The van der Waals surface area contributed by atoms with Gasteiger partial charge < -0.3 is 9.94 Å². The van der Waals surface area contributed by atoms with Crippen molar-refractivity contribution in [2.75, 3.05) is 7.11 Å². The Labute approximate surface area is 116 Å². The molecular weight excluding hydrogens is 254 g/mol. The summed E-state index contributed by atoms with van der Waals surface area (Å²) in [4.78, 5) is 12.4. The third-order valence-electron chi connectivity index (χ3n) is 3.38. The third kappa shape index (κ3) is 1.77.